The zero-order valence-corrected chi connectivity index (χ0v) is 23.5. The van der Waals surface area contributed by atoms with Crippen LogP contribution in [0.5, 0.6) is 0 Å². The number of rotatable bonds is 14. The number of alkyl carbamates (subject to hydrolysis) is 1. The Morgan fingerprint density at radius 1 is 0.632 bits per heavy atom. The fraction of sp³-hybridized carbons (Fsp3) is 0.696. The molecule has 0 unspecified atom stereocenters. The minimum absolute atomic E-state index is 0.132. The number of amides is 7. The van der Waals surface area contributed by atoms with Crippen molar-refractivity contribution >= 4 is 42.0 Å². The van der Waals surface area contributed by atoms with Crippen LogP contribution in [0, 0.1) is 0 Å². The molecule has 38 heavy (non-hydrogen) atoms. The van der Waals surface area contributed by atoms with Crippen LogP contribution in [0.15, 0.2) is 0 Å². The van der Waals surface area contributed by atoms with E-state index in [2.05, 4.69) is 10.6 Å². The third kappa shape index (κ3) is 14.6. The summed E-state index contributed by atoms with van der Waals surface area (Å²) < 4.78 is 5.08. The van der Waals surface area contributed by atoms with Gasteiger partial charge < -0.3 is 39.9 Å². The summed E-state index contributed by atoms with van der Waals surface area (Å²) in [6, 6.07) is 0. The highest BCUT2D eigenvalue weighted by molar-refractivity contribution is 5.91. The summed E-state index contributed by atoms with van der Waals surface area (Å²) in [5.74, 6) is -2.42. The van der Waals surface area contributed by atoms with E-state index in [1.165, 1.54) is 35.2 Å². The third-order valence-electron chi connectivity index (χ3n) is 4.88. The molecule has 0 rings (SSSR count). The summed E-state index contributed by atoms with van der Waals surface area (Å²) in [6.45, 7) is 4.08. The van der Waals surface area contributed by atoms with Crippen LogP contribution < -0.4 is 10.6 Å². The first kappa shape index (κ1) is 34.1. The molecule has 0 radical (unpaired) electrons. The number of hydrogen-bond acceptors (Lipinski definition) is 8. The maximum atomic E-state index is 12.5. The Kier molecular flexibility index (Phi) is 14.4. The van der Waals surface area contributed by atoms with Gasteiger partial charge in [-0.3, -0.25) is 28.8 Å². The van der Waals surface area contributed by atoms with Gasteiger partial charge in [-0.25, -0.2) is 4.79 Å². The number of likely N-dealkylation sites (N-methyl/N-ethyl adjacent to an activating group) is 5. The Hall–Kier alpha value is -3.91. The molecule has 0 aromatic rings. The summed E-state index contributed by atoms with van der Waals surface area (Å²) in [7, 11) is 7.02. The summed E-state index contributed by atoms with van der Waals surface area (Å²) in [4.78, 5) is 89.2. The van der Waals surface area contributed by atoms with Gasteiger partial charge in [0.15, 0.2) is 0 Å². The second-order valence-electron chi connectivity index (χ2n) is 9.80. The molecule has 0 spiro atoms. The molecule has 0 atom stereocenters. The monoisotopic (exact) mass is 543 g/mol. The van der Waals surface area contributed by atoms with Crippen LogP contribution in [0.4, 0.5) is 4.79 Å². The van der Waals surface area contributed by atoms with Crippen LogP contribution in [-0.2, 0) is 33.5 Å². The fourth-order valence-corrected chi connectivity index (χ4v) is 2.65. The molecule has 0 fully saturated rings. The lowest BCUT2D eigenvalue weighted by Crippen LogP contribution is -2.48. The zero-order chi connectivity index (χ0) is 29.6. The molecule has 0 aliphatic rings. The highest BCUT2D eigenvalue weighted by Crippen LogP contribution is 2.06. The quantitative estimate of drug-likeness (QED) is 0.180. The maximum Gasteiger partial charge on any atom is 0.407 e. The number of hydrogen-bond donors (Lipinski definition) is 2. The molecule has 0 aliphatic carbocycles. The van der Waals surface area contributed by atoms with Crippen LogP contribution in [0.1, 0.15) is 20.8 Å². The first-order valence-electron chi connectivity index (χ1n) is 11.8. The Morgan fingerprint density at radius 3 is 1.39 bits per heavy atom. The molecule has 15 nitrogen and oxygen atoms in total. The van der Waals surface area contributed by atoms with Crippen molar-refractivity contribution in [3.05, 3.63) is 0 Å². The minimum Gasteiger partial charge on any atom is -0.444 e. The van der Waals surface area contributed by atoms with Gasteiger partial charge in [0.1, 0.15) is 5.60 Å². The standard InChI is InChI=1S/C23H41N7O8/c1-23(2,3)38-22(37)25-10-9-24-17(32)11-27(5)19(34)13-29(7)21(36)15-30(8)20(35)14-28(6)18(33)12-26(4)16-31/h16H,9-15H2,1-8H3,(H,24,32)(H,25,37). The van der Waals surface area contributed by atoms with Gasteiger partial charge in [-0.2, -0.15) is 0 Å². The Labute approximate surface area is 223 Å². The van der Waals surface area contributed by atoms with Crippen LogP contribution >= 0.6 is 0 Å². The van der Waals surface area contributed by atoms with Crippen molar-refractivity contribution in [2.45, 2.75) is 26.4 Å². The number of nitrogens with one attached hydrogen (secondary N) is 2. The molecule has 2 N–H and O–H groups in total. The Bertz CT molecular complexity index is 874. The van der Waals surface area contributed by atoms with E-state index < -0.39 is 41.2 Å². The average Bonchev–Trinajstić information content (AvgIpc) is 2.79. The number of carbonyl (C=O) groups excluding carboxylic acids is 7. The van der Waals surface area contributed by atoms with Crippen molar-refractivity contribution < 1.29 is 38.3 Å². The van der Waals surface area contributed by atoms with Crippen molar-refractivity contribution in [1.29, 1.82) is 0 Å². The van der Waals surface area contributed by atoms with Crippen LogP contribution in [0.3, 0.4) is 0 Å². The summed E-state index contributed by atoms with van der Waals surface area (Å²) in [5, 5.41) is 5.06. The van der Waals surface area contributed by atoms with Crippen molar-refractivity contribution in [2.75, 3.05) is 81.1 Å². The van der Waals surface area contributed by atoms with Gasteiger partial charge in [0.25, 0.3) is 0 Å². The van der Waals surface area contributed by atoms with E-state index in [0.717, 1.165) is 24.5 Å². The van der Waals surface area contributed by atoms with E-state index in [1.807, 2.05) is 0 Å². The zero-order valence-electron chi connectivity index (χ0n) is 23.5. The molecule has 216 valence electrons. The molecule has 0 saturated carbocycles. The molecule has 0 saturated heterocycles. The van der Waals surface area contributed by atoms with E-state index in [0.29, 0.717) is 6.41 Å². The molecule has 0 heterocycles. The molecule has 0 aliphatic heterocycles. The van der Waals surface area contributed by atoms with Gasteiger partial charge in [-0.1, -0.05) is 0 Å². The van der Waals surface area contributed by atoms with Crippen molar-refractivity contribution in [3.63, 3.8) is 0 Å². The van der Waals surface area contributed by atoms with E-state index in [-0.39, 0.29) is 45.8 Å². The molecule has 0 aromatic carbocycles. The molecular weight excluding hydrogens is 502 g/mol. The second-order valence-corrected chi connectivity index (χ2v) is 9.80. The molecule has 0 aromatic heterocycles. The van der Waals surface area contributed by atoms with Crippen LogP contribution in [-0.4, -0.2) is 153 Å². The van der Waals surface area contributed by atoms with Gasteiger partial charge in [0.2, 0.25) is 35.9 Å². The summed E-state index contributed by atoms with van der Waals surface area (Å²) >= 11 is 0. The lowest BCUT2D eigenvalue weighted by atomic mass is 10.2. The van der Waals surface area contributed by atoms with E-state index in [9.17, 15) is 33.6 Å². The molecule has 0 bridgehead atoms. The Balaban J connectivity index is 4.47. The molecular formula is C23H41N7O8. The third-order valence-corrected chi connectivity index (χ3v) is 4.88. The highest BCUT2D eigenvalue weighted by atomic mass is 16.6. The predicted molar refractivity (Wildman–Crippen MR) is 136 cm³/mol. The summed E-state index contributed by atoms with van der Waals surface area (Å²) in [6.07, 6.45) is -0.117. The number of ether oxygens (including phenoxy) is 1. The fourth-order valence-electron chi connectivity index (χ4n) is 2.65. The van der Waals surface area contributed by atoms with Gasteiger partial charge in [0, 0.05) is 48.3 Å². The predicted octanol–water partition coefficient (Wildman–Crippen LogP) is -2.45. The first-order valence-corrected chi connectivity index (χ1v) is 11.8. The molecule has 7 amide bonds. The number of carbonyl (C=O) groups is 7. The normalized spacial score (nSPS) is 10.5. The lowest BCUT2D eigenvalue weighted by molar-refractivity contribution is -0.144. The number of nitrogens with zero attached hydrogens (tertiary/aromatic N) is 5. The Morgan fingerprint density at radius 2 is 1.00 bits per heavy atom. The smallest absolute Gasteiger partial charge is 0.407 e. The summed E-state index contributed by atoms with van der Waals surface area (Å²) in [5.41, 5.74) is -0.636. The lowest BCUT2D eigenvalue weighted by Gasteiger charge is -2.25. The van der Waals surface area contributed by atoms with Crippen molar-refractivity contribution in [3.8, 4) is 0 Å². The van der Waals surface area contributed by atoms with Gasteiger partial charge in [-0.15, -0.1) is 0 Å². The second kappa shape index (κ2) is 16.0. The van der Waals surface area contributed by atoms with Crippen molar-refractivity contribution in [2.24, 2.45) is 0 Å². The first-order chi connectivity index (χ1) is 17.5. The minimum atomic E-state index is -0.636. The maximum absolute atomic E-state index is 12.5. The van der Waals surface area contributed by atoms with Gasteiger partial charge in [0.05, 0.1) is 32.7 Å². The van der Waals surface area contributed by atoms with E-state index >= 15 is 0 Å². The van der Waals surface area contributed by atoms with Gasteiger partial charge in [-0.05, 0) is 20.8 Å². The van der Waals surface area contributed by atoms with Gasteiger partial charge >= 0.3 is 6.09 Å². The average molecular weight is 544 g/mol. The van der Waals surface area contributed by atoms with E-state index in [1.54, 1.807) is 20.8 Å². The topological polar surface area (TPSA) is 169 Å². The van der Waals surface area contributed by atoms with Crippen LogP contribution in [0.25, 0.3) is 0 Å². The SMILES string of the molecule is CN(C=O)CC(=O)N(C)CC(=O)N(C)CC(=O)N(C)CC(=O)N(C)CC(=O)NCCNC(=O)OC(C)(C)C. The van der Waals surface area contributed by atoms with Crippen LogP contribution in [0.2, 0.25) is 0 Å². The molecule has 15 heteroatoms. The van der Waals surface area contributed by atoms with E-state index in [4.69, 9.17) is 4.74 Å². The van der Waals surface area contributed by atoms with Crippen molar-refractivity contribution in [1.82, 2.24) is 35.1 Å². The highest BCUT2D eigenvalue weighted by Gasteiger charge is 2.22. The largest absolute Gasteiger partial charge is 0.444 e.